The van der Waals surface area contributed by atoms with E-state index in [0.29, 0.717) is 6.42 Å². The summed E-state index contributed by atoms with van der Waals surface area (Å²) in [6.45, 7) is -0.218. The van der Waals surface area contributed by atoms with E-state index >= 15 is 0 Å². The van der Waals surface area contributed by atoms with Crippen LogP contribution in [0.2, 0.25) is 0 Å². The summed E-state index contributed by atoms with van der Waals surface area (Å²) >= 11 is 0. The van der Waals surface area contributed by atoms with Crippen LogP contribution in [0, 0.1) is 16.0 Å². The number of hydrogen-bond acceptors (Lipinski definition) is 4. The maximum absolute atomic E-state index is 11.1. The number of esters is 1. The minimum absolute atomic E-state index is 0.0758. The van der Waals surface area contributed by atoms with Crippen LogP contribution in [-0.2, 0) is 16.0 Å². The third kappa shape index (κ3) is 5.10. The van der Waals surface area contributed by atoms with Crippen molar-refractivity contribution in [3.05, 3.63) is 46.0 Å². The van der Waals surface area contributed by atoms with Crippen molar-refractivity contribution >= 4 is 5.97 Å². The van der Waals surface area contributed by atoms with E-state index in [-0.39, 0.29) is 18.9 Å². The second-order valence-corrected chi connectivity index (χ2v) is 3.85. The van der Waals surface area contributed by atoms with Crippen LogP contribution in [-0.4, -0.2) is 24.5 Å². The van der Waals surface area contributed by atoms with Crippen molar-refractivity contribution in [3.8, 4) is 0 Å². The molecule has 0 aliphatic carbocycles. The van der Waals surface area contributed by atoms with Crippen LogP contribution in [0.3, 0.4) is 0 Å². The van der Waals surface area contributed by atoms with Gasteiger partial charge < -0.3 is 4.74 Å². The Labute approximate surface area is 99.5 Å². The van der Waals surface area contributed by atoms with Gasteiger partial charge in [0.15, 0.2) is 0 Å². The van der Waals surface area contributed by atoms with E-state index < -0.39 is 10.9 Å². The first-order valence-corrected chi connectivity index (χ1v) is 5.34. The molecule has 92 valence electrons. The molecule has 5 nitrogen and oxygen atoms in total. The number of nitrogens with zero attached hydrogens (tertiary/aromatic N) is 1. The summed E-state index contributed by atoms with van der Waals surface area (Å²) in [4.78, 5) is 21.3. The third-order valence-corrected chi connectivity index (χ3v) is 2.46. The highest BCUT2D eigenvalue weighted by Crippen LogP contribution is 2.13. The lowest BCUT2D eigenvalue weighted by molar-refractivity contribution is -0.488. The van der Waals surface area contributed by atoms with Crippen LogP contribution in [0.1, 0.15) is 12.0 Å². The van der Waals surface area contributed by atoms with Crippen molar-refractivity contribution in [2.45, 2.75) is 12.8 Å². The molecule has 0 radical (unpaired) electrons. The van der Waals surface area contributed by atoms with E-state index in [2.05, 4.69) is 4.74 Å². The standard InChI is InChI=1S/C12H15NO4/c1-17-12(14)8-11(9-13(15)16)7-10-5-3-2-4-6-10/h2-6,11H,7-9H2,1H3. The first kappa shape index (κ1) is 13.2. The van der Waals surface area contributed by atoms with Gasteiger partial charge in [-0.1, -0.05) is 30.3 Å². The van der Waals surface area contributed by atoms with Gasteiger partial charge in [-0.3, -0.25) is 14.9 Å². The number of methoxy groups -OCH3 is 1. The number of carbonyl (C=O) groups is 1. The molecule has 0 saturated carbocycles. The quantitative estimate of drug-likeness (QED) is 0.429. The summed E-state index contributed by atoms with van der Waals surface area (Å²) in [5.74, 6) is -0.729. The topological polar surface area (TPSA) is 69.4 Å². The van der Waals surface area contributed by atoms with Gasteiger partial charge >= 0.3 is 5.97 Å². The second-order valence-electron chi connectivity index (χ2n) is 3.85. The molecule has 5 heteroatoms. The molecule has 1 atom stereocenters. The Bertz CT molecular complexity index is 377. The number of hydrogen-bond donors (Lipinski definition) is 0. The van der Waals surface area contributed by atoms with Gasteiger partial charge in [0.05, 0.1) is 13.5 Å². The fourth-order valence-electron chi connectivity index (χ4n) is 1.68. The van der Waals surface area contributed by atoms with Crippen molar-refractivity contribution in [1.82, 2.24) is 0 Å². The van der Waals surface area contributed by atoms with Crippen molar-refractivity contribution in [1.29, 1.82) is 0 Å². The zero-order valence-electron chi connectivity index (χ0n) is 9.67. The number of benzene rings is 1. The molecule has 0 spiro atoms. The Morgan fingerprint density at radius 1 is 1.41 bits per heavy atom. The molecule has 0 fully saturated rings. The first-order valence-electron chi connectivity index (χ1n) is 5.34. The number of carbonyl (C=O) groups excluding carboxylic acids is 1. The zero-order chi connectivity index (χ0) is 12.7. The molecular formula is C12H15NO4. The van der Waals surface area contributed by atoms with Crippen LogP contribution >= 0.6 is 0 Å². The highest BCUT2D eigenvalue weighted by atomic mass is 16.6. The predicted molar refractivity (Wildman–Crippen MR) is 62.1 cm³/mol. The predicted octanol–water partition coefficient (Wildman–Crippen LogP) is 1.69. The maximum atomic E-state index is 11.1. The smallest absolute Gasteiger partial charge is 0.306 e. The Hall–Kier alpha value is -1.91. The summed E-state index contributed by atoms with van der Waals surface area (Å²) in [6.07, 6.45) is 0.587. The van der Waals surface area contributed by atoms with E-state index in [0.717, 1.165) is 5.56 Å². The summed E-state index contributed by atoms with van der Waals surface area (Å²) < 4.78 is 4.54. The van der Waals surface area contributed by atoms with Crippen LogP contribution in [0.5, 0.6) is 0 Å². The Balaban J connectivity index is 2.63. The Morgan fingerprint density at radius 3 is 2.59 bits per heavy atom. The first-order chi connectivity index (χ1) is 8.11. The molecule has 0 aromatic heterocycles. The van der Waals surface area contributed by atoms with Crippen LogP contribution in [0.15, 0.2) is 30.3 Å². The van der Waals surface area contributed by atoms with Crippen molar-refractivity contribution < 1.29 is 14.5 Å². The minimum Gasteiger partial charge on any atom is -0.469 e. The summed E-state index contributed by atoms with van der Waals surface area (Å²) in [6, 6.07) is 9.41. The van der Waals surface area contributed by atoms with Gasteiger partial charge in [0, 0.05) is 10.8 Å². The third-order valence-electron chi connectivity index (χ3n) is 2.46. The molecule has 1 aromatic carbocycles. The van der Waals surface area contributed by atoms with Crippen LogP contribution in [0.25, 0.3) is 0 Å². The van der Waals surface area contributed by atoms with Gasteiger partial charge in [-0.2, -0.15) is 0 Å². The number of rotatable bonds is 6. The lowest BCUT2D eigenvalue weighted by Crippen LogP contribution is -2.20. The van der Waals surface area contributed by atoms with Crippen molar-refractivity contribution in [2.24, 2.45) is 5.92 Å². The van der Waals surface area contributed by atoms with Gasteiger partial charge in [-0.25, -0.2) is 0 Å². The van der Waals surface area contributed by atoms with E-state index in [1.165, 1.54) is 7.11 Å². The molecule has 1 rings (SSSR count). The molecule has 0 aliphatic rings. The van der Waals surface area contributed by atoms with E-state index in [9.17, 15) is 14.9 Å². The highest BCUT2D eigenvalue weighted by molar-refractivity contribution is 5.69. The van der Waals surface area contributed by atoms with Gasteiger partial charge in [0.2, 0.25) is 6.54 Å². The van der Waals surface area contributed by atoms with Crippen LogP contribution in [0.4, 0.5) is 0 Å². The fraction of sp³-hybridized carbons (Fsp3) is 0.417. The molecule has 17 heavy (non-hydrogen) atoms. The van der Waals surface area contributed by atoms with Gasteiger partial charge in [-0.15, -0.1) is 0 Å². The van der Waals surface area contributed by atoms with Gasteiger partial charge in [-0.05, 0) is 12.0 Å². The molecule has 0 aliphatic heterocycles. The maximum Gasteiger partial charge on any atom is 0.306 e. The van der Waals surface area contributed by atoms with Gasteiger partial charge in [0.25, 0.3) is 0 Å². The Morgan fingerprint density at radius 2 is 2.06 bits per heavy atom. The SMILES string of the molecule is COC(=O)CC(Cc1ccccc1)C[N+](=O)[O-]. The number of ether oxygens (including phenoxy) is 1. The second kappa shape index (κ2) is 6.62. The summed E-state index contributed by atoms with van der Waals surface area (Å²) in [7, 11) is 1.29. The molecule has 0 bridgehead atoms. The molecule has 1 aromatic rings. The fourth-order valence-corrected chi connectivity index (χ4v) is 1.68. The summed E-state index contributed by atoms with van der Waals surface area (Å²) in [5.41, 5.74) is 0.989. The minimum atomic E-state index is -0.409. The van der Waals surface area contributed by atoms with Gasteiger partial charge in [0.1, 0.15) is 0 Å². The average molecular weight is 237 g/mol. The molecular weight excluding hydrogens is 222 g/mol. The lowest BCUT2D eigenvalue weighted by Gasteiger charge is -2.11. The van der Waals surface area contributed by atoms with Crippen molar-refractivity contribution in [3.63, 3.8) is 0 Å². The molecule has 0 N–H and O–H groups in total. The lowest BCUT2D eigenvalue weighted by atomic mass is 9.96. The largest absolute Gasteiger partial charge is 0.469 e. The zero-order valence-corrected chi connectivity index (χ0v) is 9.67. The summed E-state index contributed by atoms with van der Waals surface area (Å²) in [5, 5.41) is 10.5. The van der Waals surface area contributed by atoms with Crippen molar-refractivity contribution in [2.75, 3.05) is 13.7 Å². The van der Waals surface area contributed by atoms with E-state index in [1.54, 1.807) is 0 Å². The van der Waals surface area contributed by atoms with Crippen LogP contribution < -0.4 is 0 Å². The molecule has 0 amide bonds. The van der Waals surface area contributed by atoms with E-state index in [4.69, 9.17) is 0 Å². The average Bonchev–Trinajstić information content (AvgIpc) is 2.29. The highest BCUT2D eigenvalue weighted by Gasteiger charge is 2.20. The Kier molecular flexibility index (Phi) is 5.13. The number of nitro groups is 1. The molecule has 1 unspecified atom stereocenters. The normalized spacial score (nSPS) is 11.8. The monoisotopic (exact) mass is 237 g/mol. The molecule has 0 heterocycles. The molecule has 0 saturated heterocycles. The van der Waals surface area contributed by atoms with E-state index in [1.807, 2.05) is 30.3 Å².